The van der Waals surface area contributed by atoms with E-state index in [9.17, 15) is 15.0 Å². The van der Waals surface area contributed by atoms with Gasteiger partial charge in [-0.1, -0.05) is 36.4 Å². The Labute approximate surface area is 174 Å². The van der Waals surface area contributed by atoms with Crippen LogP contribution in [0.1, 0.15) is 27.0 Å². The number of fused-ring (bicyclic) bond motifs is 1. The topological polar surface area (TPSA) is 79.2 Å². The molecule has 2 N–H and O–H groups in total. The molecule has 6 heteroatoms. The van der Waals surface area contributed by atoms with Crippen LogP contribution >= 0.6 is 0 Å². The molecule has 0 unspecified atom stereocenters. The molecule has 154 valence electrons. The first-order chi connectivity index (χ1) is 14.5. The third-order valence-corrected chi connectivity index (χ3v) is 5.23. The number of hydrogen-bond acceptors (Lipinski definition) is 5. The summed E-state index contributed by atoms with van der Waals surface area (Å²) in [6.45, 7) is 1.15. The van der Waals surface area contributed by atoms with Gasteiger partial charge in [-0.3, -0.25) is 4.79 Å². The molecule has 1 aliphatic heterocycles. The Hall–Kier alpha value is -3.67. The number of rotatable bonds is 5. The van der Waals surface area contributed by atoms with Crippen molar-refractivity contribution in [3.05, 3.63) is 82.9 Å². The van der Waals surface area contributed by atoms with Crippen LogP contribution in [-0.4, -0.2) is 34.7 Å². The largest absolute Gasteiger partial charge is 0.508 e. The zero-order valence-corrected chi connectivity index (χ0v) is 16.7. The summed E-state index contributed by atoms with van der Waals surface area (Å²) < 4.78 is 11.1. The Morgan fingerprint density at radius 1 is 1.03 bits per heavy atom. The highest BCUT2D eigenvalue weighted by molar-refractivity contribution is 6.00. The maximum Gasteiger partial charge on any atom is 0.261 e. The Morgan fingerprint density at radius 3 is 2.60 bits per heavy atom. The number of ether oxygens (including phenoxy) is 2. The predicted octanol–water partition coefficient (Wildman–Crippen LogP) is 3.88. The Balaban J connectivity index is 1.58. The third-order valence-electron chi connectivity index (χ3n) is 5.23. The summed E-state index contributed by atoms with van der Waals surface area (Å²) in [5.74, 6) is 0.145. The van der Waals surface area contributed by atoms with Crippen LogP contribution in [-0.2, 0) is 19.6 Å². The number of amides is 1. The van der Waals surface area contributed by atoms with E-state index in [2.05, 4.69) is 0 Å². The summed E-state index contributed by atoms with van der Waals surface area (Å²) in [6.07, 6.45) is 0.692. The van der Waals surface area contributed by atoms with Crippen molar-refractivity contribution in [1.29, 1.82) is 0 Å². The van der Waals surface area contributed by atoms with Crippen LogP contribution in [0.25, 0.3) is 0 Å². The van der Waals surface area contributed by atoms with E-state index in [1.807, 2.05) is 48.5 Å². The minimum absolute atomic E-state index is 0.0562. The second kappa shape index (κ2) is 8.37. The molecular formula is C24H23NO5. The molecule has 0 saturated heterocycles. The van der Waals surface area contributed by atoms with Gasteiger partial charge in [-0.2, -0.15) is 0 Å². The molecule has 3 aromatic rings. The van der Waals surface area contributed by atoms with Crippen molar-refractivity contribution in [1.82, 2.24) is 4.90 Å². The average Bonchev–Trinajstić information content (AvgIpc) is 2.77. The van der Waals surface area contributed by atoms with Gasteiger partial charge in [-0.25, -0.2) is 0 Å². The SMILES string of the molecule is COc1ccc2c(c1)CCN(C(=O)c1c(O)cc(O)cc1OCc1ccccc1)C2. The van der Waals surface area contributed by atoms with Crippen molar-refractivity contribution >= 4 is 5.91 Å². The number of methoxy groups -OCH3 is 1. The Kier molecular flexibility index (Phi) is 5.48. The molecule has 0 spiro atoms. The zero-order valence-electron chi connectivity index (χ0n) is 16.7. The monoisotopic (exact) mass is 405 g/mol. The number of hydrogen-bond donors (Lipinski definition) is 2. The first-order valence-corrected chi connectivity index (χ1v) is 9.73. The summed E-state index contributed by atoms with van der Waals surface area (Å²) in [6, 6.07) is 17.8. The molecule has 0 fully saturated rings. The van der Waals surface area contributed by atoms with Crippen LogP contribution in [0.3, 0.4) is 0 Å². The van der Waals surface area contributed by atoms with Crippen LogP contribution < -0.4 is 9.47 Å². The fourth-order valence-corrected chi connectivity index (χ4v) is 3.64. The van der Waals surface area contributed by atoms with Crippen molar-refractivity contribution in [3.8, 4) is 23.0 Å². The van der Waals surface area contributed by atoms with Gasteiger partial charge >= 0.3 is 0 Å². The van der Waals surface area contributed by atoms with Crippen molar-refractivity contribution in [3.63, 3.8) is 0 Å². The van der Waals surface area contributed by atoms with Crippen molar-refractivity contribution in [2.45, 2.75) is 19.6 Å². The van der Waals surface area contributed by atoms with E-state index < -0.39 is 0 Å². The van der Waals surface area contributed by atoms with Gasteiger partial charge in [0.1, 0.15) is 35.2 Å². The lowest BCUT2D eigenvalue weighted by Crippen LogP contribution is -2.36. The molecule has 0 bridgehead atoms. The molecule has 30 heavy (non-hydrogen) atoms. The lowest BCUT2D eigenvalue weighted by atomic mass is 9.98. The number of phenols is 2. The number of phenolic OH excluding ortho intramolecular Hbond substituents is 2. The minimum Gasteiger partial charge on any atom is -0.508 e. The van der Waals surface area contributed by atoms with Gasteiger partial charge < -0.3 is 24.6 Å². The van der Waals surface area contributed by atoms with Crippen LogP contribution in [0.15, 0.2) is 60.7 Å². The smallest absolute Gasteiger partial charge is 0.261 e. The average molecular weight is 405 g/mol. The molecule has 4 rings (SSSR count). The van der Waals surface area contributed by atoms with Crippen LogP contribution in [0.2, 0.25) is 0 Å². The minimum atomic E-state index is -0.336. The standard InChI is InChI=1S/C24H23NO5/c1-29-20-8-7-18-14-25(10-9-17(18)11-20)24(28)23-21(27)12-19(26)13-22(23)30-15-16-5-3-2-4-6-16/h2-8,11-13,26-27H,9-10,14-15H2,1H3. The Bertz CT molecular complexity index is 1060. The van der Waals surface area contributed by atoms with E-state index in [0.717, 1.165) is 28.5 Å². The number of carbonyl (C=O) groups excluding carboxylic acids is 1. The quantitative estimate of drug-likeness (QED) is 0.673. The zero-order chi connectivity index (χ0) is 21.1. The van der Waals surface area contributed by atoms with Gasteiger partial charge in [0.25, 0.3) is 5.91 Å². The first kappa shape index (κ1) is 19.6. The molecule has 0 atom stereocenters. The first-order valence-electron chi connectivity index (χ1n) is 9.73. The lowest BCUT2D eigenvalue weighted by molar-refractivity contribution is 0.0726. The van der Waals surface area contributed by atoms with E-state index in [0.29, 0.717) is 19.5 Å². The normalized spacial score (nSPS) is 12.9. The maximum atomic E-state index is 13.3. The van der Waals surface area contributed by atoms with Gasteiger partial charge in [0.15, 0.2) is 0 Å². The van der Waals surface area contributed by atoms with Crippen molar-refractivity contribution < 1.29 is 24.5 Å². The Morgan fingerprint density at radius 2 is 1.83 bits per heavy atom. The summed E-state index contributed by atoms with van der Waals surface area (Å²) >= 11 is 0. The molecule has 0 aliphatic carbocycles. The summed E-state index contributed by atoms with van der Waals surface area (Å²) in [5.41, 5.74) is 3.16. The van der Waals surface area contributed by atoms with Crippen molar-refractivity contribution in [2.75, 3.05) is 13.7 Å². The number of benzene rings is 3. The number of nitrogens with zero attached hydrogens (tertiary/aromatic N) is 1. The molecule has 1 heterocycles. The van der Waals surface area contributed by atoms with Gasteiger partial charge in [-0.05, 0) is 35.2 Å². The van der Waals surface area contributed by atoms with E-state index in [1.165, 1.54) is 6.07 Å². The lowest BCUT2D eigenvalue weighted by Gasteiger charge is -2.30. The highest BCUT2D eigenvalue weighted by atomic mass is 16.5. The summed E-state index contributed by atoms with van der Waals surface area (Å²) in [5, 5.41) is 20.3. The van der Waals surface area contributed by atoms with Crippen LogP contribution in [0, 0.1) is 0 Å². The molecule has 0 saturated carbocycles. The third kappa shape index (κ3) is 4.03. The molecule has 1 aliphatic rings. The highest BCUT2D eigenvalue weighted by Gasteiger charge is 2.27. The van der Waals surface area contributed by atoms with Gasteiger partial charge in [0.2, 0.25) is 0 Å². The maximum absolute atomic E-state index is 13.3. The predicted molar refractivity (Wildman–Crippen MR) is 112 cm³/mol. The second-order valence-electron chi connectivity index (χ2n) is 7.22. The fourth-order valence-electron chi connectivity index (χ4n) is 3.64. The van der Waals surface area contributed by atoms with E-state index in [-0.39, 0.29) is 35.3 Å². The van der Waals surface area contributed by atoms with Crippen LogP contribution in [0.4, 0.5) is 0 Å². The van der Waals surface area contributed by atoms with Crippen LogP contribution in [0.5, 0.6) is 23.0 Å². The second-order valence-corrected chi connectivity index (χ2v) is 7.22. The summed E-state index contributed by atoms with van der Waals surface area (Å²) in [7, 11) is 1.63. The molecule has 6 nitrogen and oxygen atoms in total. The highest BCUT2D eigenvalue weighted by Crippen LogP contribution is 2.35. The van der Waals surface area contributed by atoms with Gasteiger partial charge in [-0.15, -0.1) is 0 Å². The van der Waals surface area contributed by atoms with Gasteiger partial charge in [0.05, 0.1) is 7.11 Å². The van der Waals surface area contributed by atoms with Gasteiger partial charge in [0, 0.05) is 25.2 Å². The number of aromatic hydroxyl groups is 2. The van der Waals surface area contributed by atoms with Crippen molar-refractivity contribution in [2.24, 2.45) is 0 Å². The number of carbonyl (C=O) groups is 1. The molecule has 3 aromatic carbocycles. The van der Waals surface area contributed by atoms with E-state index in [1.54, 1.807) is 12.0 Å². The van der Waals surface area contributed by atoms with E-state index in [4.69, 9.17) is 9.47 Å². The molecule has 1 amide bonds. The molecule has 0 aromatic heterocycles. The molecule has 0 radical (unpaired) electrons. The summed E-state index contributed by atoms with van der Waals surface area (Å²) in [4.78, 5) is 15.0. The molecular weight excluding hydrogens is 382 g/mol. The fraction of sp³-hybridized carbons (Fsp3) is 0.208. The van der Waals surface area contributed by atoms with E-state index >= 15 is 0 Å².